The average Bonchev–Trinajstić information content (AvgIpc) is 2.88. The van der Waals surface area contributed by atoms with Crippen LogP contribution < -0.4 is 9.64 Å². The normalized spacial score (nSPS) is 16.4. The predicted molar refractivity (Wildman–Crippen MR) is 135 cm³/mol. The van der Waals surface area contributed by atoms with E-state index in [0.717, 1.165) is 41.6 Å². The van der Waals surface area contributed by atoms with Gasteiger partial charge in [0.2, 0.25) is 5.91 Å². The Bertz CT molecular complexity index is 1130. The Balaban J connectivity index is 1.58. The second-order valence-corrected chi connectivity index (χ2v) is 7.87. The topological polar surface area (TPSA) is 86.5 Å². The molecule has 1 saturated heterocycles. The molecule has 1 aromatic carbocycles. The first-order chi connectivity index (χ1) is 16.6. The molecule has 1 aromatic heterocycles. The minimum Gasteiger partial charge on any atom is -0.494 e. The fourth-order valence-electron chi connectivity index (χ4n) is 3.94. The average molecular weight is 460 g/mol. The Kier molecular flexibility index (Phi) is 7.31. The molecule has 2 aliphatic heterocycles. The largest absolute Gasteiger partial charge is 0.494 e. The van der Waals surface area contributed by atoms with E-state index in [-0.39, 0.29) is 5.91 Å². The molecule has 2 aliphatic rings. The van der Waals surface area contributed by atoms with Crippen molar-refractivity contribution < 1.29 is 9.53 Å². The molecular formula is C25H29N7O2. The number of hydrogen-bond donors (Lipinski definition) is 0. The maximum atomic E-state index is 11.6. The van der Waals surface area contributed by atoms with Gasteiger partial charge >= 0.3 is 0 Å². The van der Waals surface area contributed by atoms with E-state index in [1.807, 2.05) is 59.5 Å². The summed E-state index contributed by atoms with van der Waals surface area (Å²) in [6.07, 6.45) is 7.23. The number of nitrogens with zero attached hydrogens (tertiary/aromatic N) is 7. The van der Waals surface area contributed by atoms with Crippen LogP contribution in [0.2, 0.25) is 0 Å². The quantitative estimate of drug-likeness (QED) is 0.592. The molecule has 0 aliphatic carbocycles. The van der Waals surface area contributed by atoms with Crippen molar-refractivity contribution in [2.24, 2.45) is 9.98 Å². The number of hydrogen-bond acceptors (Lipinski definition) is 8. The Hall–Kier alpha value is -4.01. The van der Waals surface area contributed by atoms with Crippen LogP contribution in [0.5, 0.6) is 5.75 Å². The smallest absolute Gasteiger partial charge is 0.219 e. The van der Waals surface area contributed by atoms with Gasteiger partial charge in [-0.1, -0.05) is 12.1 Å². The van der Waals surface area contributed by atoms with Gasteiger partial charge in [0.15, 0.2) is 5.82 Å². The van der Waals surface area contributed by atoms with Crippen LogP contribution in [0.4, 0.5) is 5.82 Å². The highest BCUT2D eigenvalue weighted by Crippen LogP contribution is 2.27. The summed E-state index contributed by atoms with van der Waals surface area (Å²) in [5.74, 6) is 2.28. The van der Waals surface area contributed by atoms with Crippen molar-refractivity contribution in [3.05, 3.63) is 60.3 Å². The molecule has 0 unspecified atom stereocenters. The molecule has 34 heavy (non-hydrogen) atoms. The molecular weight excluding hydrogens is 430 g/mol. The lowest BCUT2D eigenvalue weighted by Crippen LogP contribution is -2.48. The Morgan fingerprint density at radius 1 is 1.24 bits per heavy atom. The molecule has 0 spiro atoms. The van der Waals surface area contributed by atoms with Crippen LogP contribution in [0.1, 0.15) is 25.2 Å². The van der Waals surface area contributed by atoms with Crippen molar-refractivity contribution in [2.75, 3.05) is 44.2 Å². The molecule has 0 radical (unpaired) electrons. The van der Waals surface area contributed by atoms with Gasteiger partial charge in [-0.3, -0.25) is 14.8 Å². The summed E-state index contributed by atoms with van der Waals surface area (Å²) in [6.45, 7) is 11.2. The van der Waals surface area contributed by atoms with E-state index < -0.39 is 0 Å². The number of carbonyl (C=O) groups is 1. The molecule has 1 amide bonds. The minimum atomic E-state index is 0.103. The monoisotopic (exact) mass is 459 g/mol. The summed E-state index contributed by atoms with van der Waals surface area (Å²) in [5, 5.41) is 0. The Morgan fingerprint density at radius 2 is 2.06 bits per heavy atom. The number of carbonyl (C=O) groups excluding carboxylic acids is 1. The van der Waals surface area contributed by atoms with Gasteiger partial charge in [-0.25, -0.2) is 9.97 Å². The van der Waals surface area contributed by atoms with Gasteiger partial charge in [0.05, 0.1) is 25.0 Å². The predicted octanol–water partition coefficient (Wildman–Crippen LogP) is 2.93. The lowest BCUT2D eigenvalue weighted by Gasteiger charge is -2.35. The van der Waals surface area contributed by atoms with Gasteiger partial charge in [-0.2, -0.15) is 0 Å². The molecule has 9 heteroatoms. The van der Waals surface area contributed by atoms with Crippen LogP contribution >= 0.6 is 0 Å². The van der Waals surface area contributed by atoms with Crippen molar-refractivity contribution >= 4 is 36.1 Å². The number of aliphatic imine (C=N–C) groups is 2. The van der Waals surface area contributed by atoms with E-state index >= 15 is 0 Å². The molecule has 0 bridgehead atoms. The lowest BCUT2D eigenvalue weighted by molar-refractivity contribution is -0.129. The number of rotatable bonds is 7. The highest BCUT2D eigenvalue weighted by molar-refractivity contribution is 5.80. The first-order valence-electron chi connectivity index (χ1n) is 11.3. The van der Waals surface area contributed by atoms with Gasteiger partial charge in [0, 0.05) is 57.3 Å². The van der Waals surface area contributed by atoms with Crippen LogP contribution in [-0.4, -0.2) is 77.9 Å². The zero-order valence-electron chi connectivity index (χ0n) is 19.6. The molecule has 9 nitrogen and oxygen atoms in total. The number of aromatic nitrogens is 2. The van der Waals surface area contributed by atoms with E-state index in [1.54, 1.807) is 19.3 Å². The highest BCUT2D eigenvalue weighted by Gasteiger charge is 2.22. The van der Waals surface area contributed by atoms with Crippen molar-refractivity contribution in [1.29, 1.82) is 0 Å². The molecule has 3 heterocycles. The fourth-order valence-corrected chi connectivity index (χ4v) is 3.94. The second kappa shape index (κ2) is 10.7. The highest BCUT2D eigenvalue weighted by atomic mass is 16.5. The van der Waals surface area contributed by atoms with E-state index in [1.165, 1.54) is 0 Å². The number of piperazine rings is 1. The van der Waals surface area contributed by atoms with Crippen molar-refractivity contribution in [2.45, 2.75) is 13.8 Å². The van der Waals surface area contributed by atoms with E-state index in [9.17, 15) is 4.79 Å². The summed E-state index contributed by atoms with van der Waals surface area (Å²) >= 11 is 0. The summed E-state index contributed by atoms with van der Waals surface area (Å²) in [6, 6.07) is 9.76. The third-order valence-corrected chi connectivity index (χ3v) is 5.67. The number of benzene rings is 1. The fraction of sp³-hybridized carbons (Fsp3) is 0.320. The molecule has 0 saturated carbocycles. The summed E-state index contributed by atoms with van der Waals surface area (Å²) in [5.41, 5.74) is 2.49. The lowest BCUT2D eigenvalue weighted by atomic mass is 10.1. The van der Waals surface area contributed by atoms with Crippen molar-refractivity contribution in [3.63, 3.8) is 0 Å². The van der Waals surface area contributed by atoms with Crippen molar-refractivity contribution in [3.8, 4) is 5.75 Å². The van der Waals surface area contributed by atoms with Gasteiger partial charge in [0.25, 0.3) is 0 Å². The van der Waals surface area contributed by atoms with E-state index in [2.05, 4.69) is 26.6 Å². The van der Waals surface area contributed by atoms with Gasteiger partial charge in [-0.05, 0) is 31.8 Å². The SMILES string of the molecule is C=N/C=C(/c1nccc(N2CCN(C(C)=O)CC2)n1)N1C=C(c2cccc(OCC)c2)N=CC1. The summed E-state index contributed by atoms with van der Waals surface area (Å²) in [7, 11) is 0. The maximum absolute atomic E-state index is 11.6. The molecule has 0 N–H and O–H groups in total. The Labute approximate surface area is 199 Å². The minimum absolute atomic E-state index is 0.103. The van der Waals surface area contributed by atoms with Crippen LogP contribution in [0, 0.1) is 0 Å². The van der Waals surface area contributed by atoms with Crippen LogP contribution in [-0.2, 0) is 4.79 Å². The molecule has 4 rings (SSSR count). The number of ether oxygens (including phenoxy) is 1. The molecule has 1 fully saturated rings. The molecule has 0 atom stereocenters. The summed E-state index contributed by atoms with van der Waals surface area (Å²) in [4.78, 5) is 35.6. The third kappa shape index (κ3) is 5.31. The summed E-state index contributed by atoms with van der Waals surface area (Å²) < 4.78 is 5.64. The maximum Gasteiger partial charge on any atom is 0.219 e. The molecule has 2 aromatic rings. The van der Waals surface area contributed by atoms with Crippen LogP contribution in [0.25, 0.3) is 11.4 Å². The van der Waals surface area contributed by atoms with E-state index in [0.29, 0.717) is 32.1 Å². The molecule has 176 valence electrons. The third-order valence-electron chi connectivity index (χ3n) is 5.67. The van der Waals surface area contributed by atoms with Crippen molar-refractivity contribution in [1.82, 2.24) is 19.8 Å². The first kappa shape index (κ1) is 23.2. The standard InChI is InChI=1S/C25H29N7O2/c1-4-34-21-7-5-6-20(16-21)22-18-32(11-10-27-22)23(17-26-3)25-28-9-8-24(29-25)31-14-12-30(13-15-31)19(2)33/h5-10,16-18H,3-4,11-15H2,1-2H3/b23-17-. The van der Waals surface area contributed by atoms with Gasteiger partial charge in [0.1, 0.15) is 17.3 Å². The second-order valence-electron chi connectivity index (χ2n) is 7.87. The van der Waals surface area contributed by atoms with Crippen LogP contribution in [0.15, 0.2) is 58.9 Å². The number of amides is 1. The number of anilines is 1. The van der Waals surface area contributed by atoms with E-state index in [4.69, 9.17) is 9.72 Å². The van der Waals surface area contributed by atoms with Gasteiger partial charge < -0.3 is 19.4 Å². The zero-order chi connectivity index (χ0) is 23.9. The Morgan fingerprint density at radius 3 is 2.79 bits per heavy atom. The first-order valence-corrected chi connectivity index (χ1v) is 11.3. The zero-order valence-corrected chi connectivity index (χ0v) is 19.6. The van der Waals surface area contributed by atoms with Crippen LogP contribution in [0.3, 0.4) is 0 Å². The van der Waals surface area contributed by atoms with Gasteiger partial charge in [-0.15, -0.1) is 0 Å².